The van der Waals surface area contributed by atoms with Gasteiger partial charge in [-0.2, -0.15) is 0 Å². The Balaban J connectivity index is 2.26. The molecule has 0 amide bonds. The van der Waals surface area contributed by atoms with Crippen molar-refractivity contribution in [3.8, 4) is 11.8 Å². The van der Waals surface area contributed by atoms with Crippen LogP contribution in [0.15, 0.2) is 0 Å². The number of hydrogen-bond acceptors (Lipinski definition) is 2. The Kier molecular flexibility index (Phi) is 2.56. The summed E-state index contributed by atoms with van der Waals surface area (Å²) in [6.45, 7) is 1.60. The molecule has 0 aromatic heterocycles. The van der Waals surface area contributed by atoms with Gasteiger partial charge in [-0.25, -0.2) is 0 Å². The molecule has 0 aromatic rings. The third-order valence-corrected chi connectivity index (χ3v) is 1.44. The first-order valence-corrected chi connectivity index (χ1v) is 3.35. The third-order valence-electron chi connectivity index (χ3n) is 1.44. The normalized spacial score (nSPS) is 25.2. The summed E-state index contributed by atoms with van der Waals surface area (Å²) in [5.41, 5.74) is 5.21. The van der Waals surface area contributed by atoms with Crippen LogP contribution in [0, 0.1) is 11.8 Å². The second-order valence-corrected chi connectivity index (χ2v) is 2.17. The molecule has 2 nitrogen and oxygen atoms in total. The second-order valence-electron chi connectivity index (χ2n) is 2.17. The van der Waals surface area contributed by atoms with Crippen LogP contribution in [-0.2, 0) is 0 Å². The van der Waals surface area contributed by atoms with E-state index in [1.807, 2.05) is 0 Å². The molecule has 0 aliphatic carbocycles. The maximum Gasteiger partial charge on any atom is 0.0690 e. The van der Waals surface area contributed by atoms with Crippen molar-refractivity contribution in [3.63, 3.8) is 0 Å². The molecule has 0 radical (unpaired) electrons. The minimum atomic E-state index is 0.425. The molecule has 3 N–H and O–H groups in total. The fraction of sp³-hybridized carbons (Fsp3) is 0.714. The highest BCUT2D eigenvalue weighted by molar-refractivity contribution is 5.09. The Bertz CT molecular complexity index is 126. The van der Waals surface area contributed by atoms with Crippen LogP contribution in [0.3, 0.4) is 0 Å². The van der Waals surface area contributed by atoms with Crippen LogP contribution < -0.4 is 11.1 Å². The maximum atomic E-state index is 5.21. The van der Waals surface area contributed by atoms with Gasteiger partial charge < -0.3 is 11.1 Å². The molecule has 1 saturated heterocycles. The van der Waals surface area contributed by atoms with E-state index in [1.165, 1.54) is 12.8 Å². The van der Waals surface area contributed by atoms with Crippen LogP contribution in [0.4, 0.5) is 0 Å². The van der Waals surface area contributed by atoms with E-state index < -0.39 is 0 Å². The molecule has 0 bridgehead atoms. The zero-order valence-electron chi connectivity index (χ0n) is 5.48. The standard InChI is InChI=1S/C7H12N2/c8-5-1-3-7-4-2-6-9-7/h7,9H,2,4-6,8H2. The van der Waals surface area contributed by atoms with E-state index >= 15 is 0 Å². The summed E-state index contributed by atoms with van der Waals surface area (Å²) < 4.78 is 0. The van der Waals surface area contributed by atoms with Crippen LogP contribution in [0.2, 0.25) is 0 Å². The lowest BCUT2D eigenvalue weighted by molar-refractivity contribution is 0.748. The van der Waals surface area contributed by atoms with Crippen molar-refractivity contribution < 1.29 is 0 Å². The van der Waals surface area contributed by atoms with E-state index in [-0.39, 0.29) is 0 Å². The Morgan fingerprint density at radius 2 is 2.56 bits per heavy atom. The van der Waals surface area contributed by atoms with Gasteiger partial charge in [0.1, 0.15) is 0 Å². The molecule has 1 heterocycles. The molecule has 0 saturated carbocycles. The highest BCUT2D eigenvalue weighted by Crippen LogP contribution is 2.02. The molecule has 9 heavy (non-hydrogen) atoms. The average molecular weight is 124 g/mol. The molecular weight excluding hydrogens is 112 g/mol. The minimum absolute atomic E-state index is 0.425. The number of rotatable bonds is 0. The van der Waals surface area contributed by atoms with Gasteiger partial charge in [0.25, 0.3) is 0 Å². The predicted octanol–water partition coefficient (Wildman–Crippen LogP) is -0.300. The van der Waals surface area contributed by atoms with Gasteiger partial charge in [-0.05, 0) is 19.4 Å². The van der Waals surface area contributed by atoms with Gasteiger partial charge in [-0.15, -0.1) is 0 Å². The summed E-state index contributed by atoms with van der Waals surface area (Å²) in [7, 11) is 0. The first kappa shape index (κ1) is 6.60. The molecule has 1 fully saturated rings. The van der Waals surface area contributed by atoms with E-state index in [0.717, 1.165) is 6.54 Å². The minimum Gasteiger partial charge on any atom is -0.320 e. The Labute approximate surface area is 55.8 Å². The van der Waals surface area contributed by atoms with Gasteiger partial charge >= 0.3 is 0 Å². The van der Waals surface area contributed by atoms with Crippen molar-refractivity contribution in [2.24, 2.45) is 5.73 Å². The van der Waals surface area contributed by atoms with Crippen molar-refractivity contribution in [3.05, 3.63) is 0 Å². The van der Waals surface area contributed by atoms with Crippen molar-refractivity contribution in [1.82, 2.24) is 5.32 Å². The average Bonchev–Trinajstić information content (AvgIpc) is 2.34. The van der Waals surface area contributed by atoms with Crippen LogP contribution in [0.5, 0.6) is 0 Å². The smallest absolute Gasteiger partial charge is 0.0690 e. The van der Waals surface area contributed by atoms with Gasteiger partial charge in [0.2, 0.25) is 0 Å². The van der Waals surface area contributed by atoms with Gasteiger partial charge in [0, 0.05) is 0 Å². The van der Waals surface area contributed by atoms with Crippen LogP contribution >= 0.6 is 0 Å². The lowest BCUT2D eigenvalue weighted by Crippen LogP contribution is -2.19. The summed E-state index contributed by atoms with van der Waals surface area (Å²) in [5.74, 6) is 5.90. The zero-order chi connectivity index (χ0) is 6.53. The first-order chi connectivity index (χ1) is 4.43. The Morgan fingerprint density at radius 1 is 1.67 bits per heavy atom. The van der Waals surface area contributed by atoms with Gasteiger partial charge in [0.15, 0.2) is 0 Å². The van der Waals surface area contributed by atoms with E-state index in [2.05, 4.69) is 17.2 Å². The number of nitrogens with one attached hydrogen (secondary N) is 1. The van der Waals surface area contributed by atoms with Crippen molar-refractivity contribution in [1.29, 1.82) is 0 Å². The summed E-state index contributed by atoms with van der Waals surface area (Å²) in [6.07, 6.45) is 2.44. The number of hydrogen-bond donors (Lipinski definition) is 2. The molecule has 1 rings (SSSR count). The van der Waals surface area contributed by atoms with Crippen molar-refractivity contribution in [2.45, 2.75) is 18.9 Å². The predicted molar refractivity (Wildman–Crippen MR) is 37.9 cm³/mol. The van der Waals surface area contributed by atoms with Gasteiger partial charge in [-0.1, -0.05) is 11.8 Å². The van der Waals surface area contributed by atoms with Crippen molar-refractivity contribution >= 4 is 0 Å². The third kappa shape index (κ3) is 2.05. The maximum absolute atomic E-state index is 5.21. The molecule has 1 aliphatic rings. The largest absolute Gasteiger partial charge is 0.320 e. The van der Waals surface area contributed by atoms with Crippen LogP contribution in [-0.4, -0.2) is 19.1 Å². The van der Waals surface area contributed by atoms with Gasteiger partial charge in [-0.3, -0.25) is 0 Å². The lowest BCUT2D eigenvalue weighted by Gasteiger charge is -1.96. The Hall–Kier alpha value is -0.520. The Morgan fingerprint density at radius 3 is 3.11 bits per heavy atom. The second kappa shape index (κ2) is 3.49. The van der Waals surface area contributed by atoms with E-state index in [4.69, 9.17) is 5.73 Å². The monoisotopic (exact) mass is 124 g/mol. The molecule has 2 heteroatoms. The highest BCUT2D eigenvalue weighted by Gasteiger charge is 2.09. The van der Waals surface area contributed by atoms with Crippen LogP contribution in [0.25, 0.3) is 0 Å². The first-order valence-electron chi connectivity index (χ1n) is 3.35. The van der Waals surface area contributed by atoms with E-state index in [9.17, 15) is 0 Å². The summed E-state index contributed by atoms with van der Waals surface area (Å²) >= 11 is 0. The molecular formula is C7H12N2. The molecule has 50 valence electrons. The summed E-state index contributed by atoms with van der Waals surface area (Å²) in [6, 6.07) is 0.425. The van der Waals surface area contributed by atoms with Crippen LogP contribution in [0.1, 0.15) is 12.8 Å². The molecule has 1 atom stereocenters. The summed E-state index contributed by atoms with van der Waals surface area (Å²) in [4.78, 5) is 0. The van der Waals surface area contributed by atoms with E-state index in [1.54, 1.807) is 0 Å². The summed E-state index contributed by atoms with van der Waals surface area (Å²) in [5, 5.41) is 3.26. The SMILES string of the molecule is NCC#CC1CCCN1. The molecule has 0 aromatic carbocycles. The topological polar surface area (TPSA) is 38.0 Å². The molecule has 0 spiro atoms. The quantitative estimate of drug-likeness (QED) is 0.435. The van der Waals surface area contributed by atoms with Crippen molar-refractivity contribution in [2.75, 3.05) is 13.1 Å². The zero-order valence-corrected chi connectivity index (χ0v) is 5.48. The molecule has 1 aliphatic heterocycles. The fourth-order valence-electron chi connectivity index (χ4n) is 0.990. The lowest BCUT2D eigenvalue weighted by atomic mass is 10.2. The van der Waals surface area contributed by atoms with E-state index in [0.29, 0.717) is 12.6 Å². The molecule has 1 unspecified atom stereocenters. The highest BCUT2D eigenvalue weighted by atomic mass is 14.9. The number of nitrogens with two attached hydrogens (primary N) is 1. The fourth-order valence-corrected chi connectivity index (χ4v) is 0.990. The van der Waals surface area contributed by atoms with Gasteiger partial charge in [0.05, 0.1) is 12.6 Å².